The van der Waals surface area contributed by atoms with E-state index in [2.05, 4.69) is 38.1 Å². The molecule has 0 saturated heterocycles. The molecule has 1 aromatic rings. The van der Waals surface area contributed by atoms with Crippen molar-refractivity contribution >= 4 is 5.97 Å². The van der Waals surface area contributed by atoms with Gasteiger partial charge in [0.25, 0.3) is 0 Å². The van der Waals surface area contributed by atoms with Gasteiger partial charge in [-0.05, 0) is 44.7 Å². The molecule has 1 unspecified atom stereocenters. The predicted octanol–water partition coefficient (Wildman–Crippen LogP) is 4.39. The molecule has 0 aliphatic rings. The number of carbonyl (C=O) groups is 1. The van der Waals surface area contributed by atoms with E-state index in [0.29, 0.717) is 5.92 Å². The van der Waals surface area contributed by atoms with Crippen LogP contribution in [0.5, 0.6) is 0 Å². The number of carbonyl (C=O) groups excluding carboxylic acids is 1. The van der Waals surface area contributed by atoms with Gasteiger partial charge in [-0.15, -0.1) is 0 Å². The van der Waals surface area contributed by atoms with Crippen LogP contribution in [0, 0.1) is 6.92 Å². The molecule has 0 radical (unpaired) electrons. The highest BCUT2D eigenvalue weighted by Gasteiger charge is 2.15. The second kappa shape index (κ2) is 7.13. The molecular formula is C17H24O2. The Hall–Kier alpha value is -1.57. The van der Waals surface area contributed by atoms with Crippen molar-refractivity contribution in [3.63, 3.8) is 0 Å². The highest BCUT2D eigenvalue weighted by Crippen LogP contribution is 2.23. The third kappa shape index (κ3) is 5.73. The molecule has 2 atom stereocenters. The van der Waals surface area contributed by atoms with Crippen LogP contribution < -0.4 is 0 Å². The zero-order chi connectivity index (χ0) is 14.4. The van der Waals surface area contributed by atoms with Gasteiger partial charge in [0.1, 0.15) is 6.10 Å². The second-order valence-corrected chi connectivity index (χ2v) is 5.44. The fraction of sp³-hybridized carbons (Fsp3) is 0.471. The first kappa shape index (κ1) is 15.5. The SMILES string of the molecule is CC(=O)OC(C=C(C)C)C[C@H](C)c1ccc(C)cc1. The lowest BCUT2D eigenvalue weighted by Gasteiger charge is -2.19. The molecule has 1 rings (SSSR count). The van der Waals surface area contributed by atoms with E-state index in [1.165, 1.54) is 23.6 Å². The van der Waals surface area contributed by atoms with Gasteiger partial charge in [-0.1, -0.05) is 42.3 Å². The third-order valence-electron chi connectivity index (χ3n) is 3.07. The van der Waals surface area contributed by atoms with Crippen molar-refractivity contribution in [2.75, 3.05) is 0 Å². The van der Waals surface area contributed by atoms with Gasteiger partial charge in [-0.2, -0.15) is 0 Å². The van der Waals surface area contributed by atoms with Crippen molar-refractivity contribution in [1.82, 2.24) is 0 Å². The van der Waals surface area contributed by atoms with Gasteiger partial charge in [-0.3, -0.25) is 4.79 Å². The molecule has 19 heavy (non-hydrogen) atoms. The van der Waals surface area contributed by atoms with Gasteiger partial charge in [0.05, 0.1) is 0 Å². The average molecular weight is 260 g/mol. The molecule has 1 aromatic carbocycles. The maximum Gasteiger partial charge on any atom is 0.303 e. The summed E-state index contributed by atoms with van der Waals surface area (Å²) in [7, 11) is 0. The molecule has 104 valence electrons. The molecule has 2 nitrogen and oxygen atoms in total. The van der Waals surface area contributed by atoms with Crippen LogP contribution in [0.1, 0.15) is 51.2 Å². The average Bonchev–Trinajstić information content (AvgIpc) is 2.27. The Morgan fingerprint density at radius 1 is 1.21 bits per heavy atom. The fourth-order valence-electron chi connectivity index (χ4n) is 2.11. The number of rotatable bonds is 5. The molecule has 0 aromatic heterocycles. The molecule has 0 N–H and O–H groups in total. The van der Waals surface area contributed by atoms with Crippen molar-refractivity contribution in [2.24, 2.45) is 0 Å². The Morgan fingerprint density at radius 3 is 2.26 bits per heavy atom. The Balaban J connectivity index is 2.75. The minimum absolute atomic E-state index is 0.140. The number of hydrogen-bond donors (Lipinski definition) is 0. The summed E-state index contributed by atoms with van der Waals surface area (Å²) in [4.78, 5) is 11.1. The topological polar surface area (TPSA) is 26.3 Å². The van der Waals surface area contributed by atoms with Crippen molar-refractivity contribution in [2.45, 2.75) is 53.1 Å². The summed E-state index contributed by atoms with van der Waals surface area (Å²) in [5.74, 6) is 0.138. The maximum atomic E-state index is 11.1. The molecule has 0 amide bonds. The van der Waals surface area contributed by atoms with Crippen molar-refractivity contribution < 1.29 is 9.53 Å². The number of aryl methyl sites for hydroxylation is 1. The van der Waals surface area contributed by atoms with E-state index >= 15 is 0 Å². The van der Waals surface area contributed by atoms with E-state index in [4.69, 9.17) is 4.74 Å². The summed E-state index contributed by atoms with van der Waals surface area (Å²) in [5, 5.41) is 0. The summed E-state index contributed by atoms with van der Waals surface area (Å²) in [6.07, 6.45) is 2.69. The van der Waals surface area contributed by atoms with Gasteiger partial charge < -0.3 is 4.74 Å². The minimum Gasteiger partial charge on any atom is -0.458 e. The van der Waals surface area contributed by atoms with Crippen LogP contribution in [0.2, 0.25) is 0 Å². The van der Waals surface area contributed by atoms with E-state index in [9.17, 15) is 4.79 Å². The van der Waals surface area contributed by atoms with Crippen LogP contribution in [0.15, 0.2) is 35.9 Å². The van der Waals surface area contributed by atoms with Gasteiger partial charge in [0, 0.05) is 6.92 Å². The maximum absolute atomic E-state index is 11.1. The molecular weight excluding hydrogens is 236 g/mol. The lowest BCUT2D eigenvalue weighted by molar-refractivity contribution is -0.144. The van der Waals surface area contributed by atoms with E-state index in [-0.39, 0.29) is 12.1 Å². The first-order valence-electron chi connectivity index (χ1n) is 6.77. The predicted molar refractivity (Wildman–Crippen MR) is 79.2 cm³/mol. The first-order chi connectivity index (χ1) is 8.88. The summed E-state index contributed by atoms with van der Waals surface area (Å²) in [5.41, 5.74) is 3.71. The standard InChI is InChI=1S/C17H24O2/c1-12(2)10-17(19-15(5)18)11-14(4)16-8-6-13(3)7-9-16/h6-10,14,17H,11H2,1-5H3/t14-,17?/m0/s1. The van der Waals surface area contributed by atoms with Gasteiger partial charge in [0.15, 0.2) is 0 Å². The largest absolute Gasteiger partial charge is 0.458 e. The highest BCUT2D eigenvalue weighted by atomic mass is 16.5. The number of esters is 1. The Morgan fingerprint density at radius 2 is 1.79 bits per heavy atom. The molecule has 0 spiro atoms. The summed E-state index contributed by atoms with van der Waals surface area (Å²) in [6, 6.07) is 8.53. The molecule has 0 aliphatic carbocycles. The molecule has 0 bridgehead atoms. The van der Waals surface area contributed by atoms with Crippen LogP contribution in [-0.2, 0) is 9.53 Å². The van der Waals surface area contributed by atoms with Crippen molar-refractivity contribution in [3.8, 4) is 0 Å². The highest BCUT2D eigenvalue weighted by molar-refractivity contribution is 5.66. The normalized spacial score (nSPS) is 13.5. The van der Waals surface area contributed by atoms with Crippen molar-refractivity contribution in [1.29, 1.82) is 0 Å². The quantitative estimate of drug-likeness (QED) is 0.580. The monoisotopic (exact) mass is 260 g/mol. The smallest absolute Gasteiger partial charge is 0.303 e. The summed E-state index contributed by atoms with van der Waals surface area (Å²) in [6.45, 7) is 9.75. The number of ether oxygens (including phenoxy) is 1. The van der Waals surface area contributed by atoms with Gasteiger partial charge in [-0.25, -0.2) is 0 Å². The molecule has 2 heteroatoms. The van der Waals surface area contributed by atoms with E-state index in [1.807, 2.05) is 19.9 Å². The minimum atomic E-state index is -0.224. The molecule has 0 heterocycles. The number of hydrogen-bond acceptors (Lipinski definition) is 2. The van der Waals surface area contributed by atoms with E-state index in [0.717, 1.165) is 6.42 Å². The van der Waals surface area contributed by atoms with Crippen LogP contribution in [0.3, 0.4) is 0 Å². The Bertz CT molecular complexity index is 439. The van der Waals surface area contributed by atoms with Gasteiger partial charge >= 0.3 is 5.97 Å². The van der Waals surface area contributed by atoms with E-state index in [1.54, 1.807) is 0 Å². The Labute approximate surface area is 116 Å². The molecule has 0 aliphatic heterocycles. The lowest BCUT2D eigenvalue weighted by Crippen LogP contribution is -2.17. The zero-order valence-electron chi connectivity index (χ0n) is 12.6. The lowest BCUT2D eigenvalue weighted by atomic mass is 9.93. The Kier molecular flexibility index (Phi) is 5.81. The number of benzene rings is 1. The van der Waals surface area contributed by atoms with Crippen molar-refractivity contribution in [3.05, 3.63) is 47.0 Å². The second-order valence-electron chi connectivity index (χ2n) is 5.44. The fourth-order valence-corrected chi connectivity index (χ4v) is 2.11. The molecule has 0 fully saturated rings. The zero-order valence-corrected chi connectivity index (χ0v) is 12.6. The van der Waals surface area contributed by atoms with Crippen LogP contribution in [0.4, 0.5) is 0 Å². The first-order valence-corrected chi connectivity index (χ1v) is 6.77. The number of allylic oxidation sites excluding steroid dienone is 1. The summed E-state index contributed by atoms with van der Waals surface area (Å²) >= 11 is 0. The van der Waals surface area contributed by atoms with Gasteiger partial charge in [0.2, 0.25) is 0 Å². The summed E-state index contributed by atoms with van der Waals surface area (Å²) < 4.78 is 5.36. The molecule has 0 saturated carbocycles. The third-order valence-corrected chi connectivity index (χ3v) is 3.07. The van der Waals surface area contributed by atoms with Crippen LogP contribution in [-0.4, -0.2) is 12.1 Å². The van der Waals surface area contributed by atoms with Crippen LogP contribution >= 0.6 is 0 Å². The van der Waals surface area contributed by atoms with E-state index < -0.39 is 0 Å². The van der Waals surface area contributed by atoms with Crippen LogP contribution in [0.25, 0.3) is 0 Å².